The minimum absolute atomic E-state index is 0.0651. The summed E-state index contributed by atoms with van der Waals surface area (Å²) < 4.78 is 0. The van der Waals surface area contributed by atoms with Crippen LogP contribution in [0.2, 0.25) is 5.15 Å². The van der Waals surface area contributed by atoms with Crippen molar-refractivity contribution in [1.29, 1.82) is 0 Å². The number of hydrogen-bond donors (Lipinski definition) is 3. The number of hydrogen-bond acceptors (Lipinski definition) is 4. The molecule has 0 aliphatic carbocycles. The summed E-state index contributed by atoms with van der Waals surface area (Å²) >= 11 is 5.88. The number of aromatic nitrogens is 1. The predicted octanol–water partition coefficient (Wildman–Crippen LogP) is 1.42. The van der Waals surface area contributed by atoms with Gasteiger partial charge in [-0.05, 0) is 25.5 Å². The van der Waals surface area contributed by atoms with Gasteiger partial charge in [0.2, 0.25) is 5.91 Å². The van der Waals surface area contributed by atoms with Gasteiger partial charge in [-0.2, -0.15) is 0 Å². The molecule has 0 aliphatic heterocycles. The van der Waals surface area contributed by atoms with E-state index in [1.807, 2.05) is 13.8 Å². The quantitative estimate of drug-likeness (QED) is 0.665. The molecule has 0 saturated carbocycles. The molecular weight excluding hydrogens is 280 g/mol. The second-order valence-corrected chi connectivity index (χ2v) is 4.51. The van der Waals surface area contributed by atoms with Crippen LogP contribution in [0.3, 0.4) is 0 Å². The van der Waals surface area contributed by atoms with Crippen molar-refractivity contribution in [3.05, 3.63) is 22.8 Å². The Bertz CT molecular complexity index is 479. The number of likely N-dealkylation sites (N-methyl/N-ethyl adjacent to an activating group) is 1. The highest BCUT2D eigenvalue weighted by atomic mass is 35.5. The van der Waals surface area contributed by atoms with Crippen molar-refractivity contribution in [2.24, 2.45) is 0 Å². The highest BCUT2D eigenvalue weighted by molar-refractivity contribution is 6.29. The van der Waals surface area contributed by atoms with E-state index in [0.29, 0.717) is 17.9 Å². The Hall–Kier alpha value is -1.82. The third kappa shape index (κ3) is 5.44. The third-order valence-corrected chi connectivity index (χ3v) is 2.59. The lowest BCUT2D eigenvalue weighted by Gasteiger charge is -2.08. The normalized spacial score (nSPS) is 9.95. The topological polar surface area (TPSA) is 83.1 Å². The summed E-state index contributed by atoms with van der Waals surface area (Å²) in [4.78, 5) is 27.3. The number of amides is 2. The molecular formula is C13H19ClN4O2. The molecule has 110 valence electrons. The van der Waals surface area contributed by atoms with Gasteiger partial charge in [0.25, 0.3) is 5.91 Å². The Labute approximate surface area is 123 Å². The molecule has 0 spiro atoms. The van der Waals surface area contributed by atoms with Gasteiger partial charge < -0.3 is 16.0 Å². The van der Waals surface area contributed by atoms with Crippen LogP contribution in [0, 0.1) is 0 Å². The number of carbonyl (C=O) groups excluding carboxylic acids is 2. The molecule has 0 unspecified atom stereocenters. The van der Waals surface area contributed by atoms with Gasteiger partial charge >= 0.3 is 0 Å². The van der Waals surface area contributed by atoms with Gasteiger partial charge in [0.05, 0.1) is 6.54 Å². The number of pyridine rings is 1. The maximum Gasteiger partial charge on any atom is 0.251 e. The van der Waals surface area contributed by atoms with Gasteiger partial charge in [-0.15, -0.1) is 0 Å². The van der Waals surface area contributed by atoms with Crippen molar-refractivity contribution in [3.8, 4) is 0 Å². The van der Waals surface area contributed by atoms with Crippen molar-refractivity contribution in [3.63, 3.8) is 0 Å². The van der Waals surface area contributed by atoms with Crippen LogP contribution in [-0.4, -0.2) is 36.4 Å². The van der Waals surface area contributed by atoms with Gasteiger partial charge in [0.15, 0.2) is 0 Å². The summed E-state index contributed by atoms with van der Waals surface area (Å²) in [6, 6.07) is 3.07. The summed E-state index contributed by atoms with van der Waals surface area (Å²) in [6.45, 7) is 5.05. The zero-order chi connectivity index (χ0) is 15.0. The SMILES string of the molecule is CCCNc1cc(C(=O)NCC(=O)NCC)cc(Cl)n1. The van der Waals surface area contributed by atoms with Gasteiger partial charge in [-0.25, -0.2) is 4.98 Å². The summed E-state index contributed by atoms with van der Waals surface area (Å²) in [5.41, 5.74) is 0.368. The molecule has 1 rings (SSSR count). The van der Waals surface area contributed by atoms with Crippen LogP contribution in [0.4, 0.5) is 5.82 Å². The average Bonchev–Trinajstić information content (AvgIpc) is 2.42. The molecule has 0 fully saturated rings. The Morgan fingerprint density at radius 2 is 2.00 bits per heavy atom. The highest BCUT2D eigenvalue weighted by Crippen LogP contribution is 2.14. The number of halogens is 1. The van der Waals surface area contributed by atoms with Gasteiger partial charge in [-0.1, -0.05) is 18.5 Å². The second-order valence-electron chi connectivity index (χ2n) is 4.13. The van der Waals surface area contributed by atoms with E-state index in [1.165, 1.54) is 6.07 Å². The van der Waals surface area contributed by atoms with Crippen molar-refractivity contribution in [1.82, 2.24) is 15.6 Å². The van der Waals surface area contributed by atoms with Crippen LogP contribution in [0.1, 0.15) is 30.6 Å². The van der Waals surface area contributed by atoms with E-state index in [2.05, 4.69) is 20.9 Å². The van der Waals surface area contributed by atoms with E-state index >= 15 is 0 Å². The first-order chi connectivity index (χ1) is 9.56. The van der Waals surface area contributed by atoms with Crippen LogP contribution < -0.4 is 16.0 Å². The fourth-order valence-electron chi connectivity index (χ4n) is 1.49. The molecule has 3 N–H and O–H groups in total. The average molecular weight is 299 g/mol. The number of nitrogens with one attached hydrogen (secondary N) is 3. The Morgan fingerprint density at radius 1 is 1.25 bits per heavy atom. The molecule has 7 heteroatoms. The molecule has 1 heterocycles. The van der Waals surface area contributed by atoms with E-state index in [0.717, 1.165) is 13.0 Å². The molecule has 1 aromatic heterocycles. The standard InChI is InChI=1S/C13H19ClN4O2/c1-3-5-16-11-7-9(6-10(14)18-11)13(20)17-8-12(19)15-4-2/h6-7H,3-5,8H2,1-2H3,(H,15,19)(H,16,18)(H,17,20). The van der Waals surface area contributed by atoms with E-state index in [-0.39, 0.29) is 23.5 Å². The second kappa shape index (κ2) is 8.37. The molecule has 0 aliphatic rings. The largest absolute Gasteiger partial charge is 0.370 e. The zero-order valence-corrected chi connectivity index (χ0v) is 12.4. The van der Waals surface area contributed by atoms with E-state index in [9.17, 15) is 9.59 Å². The number of nitrogens with zero attached hydrogens (tertiary/aromatic N) is 1. The molecule has 0 radical (unpaired) electrons. The molecule has 2 amide bonds. The van der Waals surface area contributed by atoms with Crippen molar-refractivity contribution < 1.29 is 9.59 Å². The fraction of sp³-hybridized carbons (Fsp3) is 0.462. The van der Waals surface area contributed by atoms with Crippen LogP contribution in [0.25, 0.3) is 0 Å². The summed E-state index contributed by atoms with van der Waals surface area (Å²) in [6.07, 6.45) is 0.937. The zero-order valence-electron chi connectivity index (χ0n) is 11.6. The molecule has 0 bridgehead atoms. The van der Waals surface area contributed by atoms with Gasteiger partial charge in [0.1, 0.15) is 11.0 Å². The lowest BCUT2D eigenvalue weighted by atomic mass is 10.2. The van der Waals surface area contributed by atoms with E-state index < -0.39 is 0 Å². The first-order valence-electron chi connectivity index (χ1n) is 6.53. The van der Waals surface area contributed by atoms with Crippen molar-refractivity contribution >= 4 is 29.2 Å². The summed E-state index contributed by atoms with van der Waals surface area (Å²) in [7, 11) is 0. The van der Waals surface area contributed by atoms with Crippen molar-refractivity contribution in [2.75, 3.05) is 25.0 Å². The van der Waals surface area contributed by atoms with Gasteiger partial charge in [0, 0.05) is 18.7 Å². The Morgan fingerprint density at radius 3 is 2.65 bits per heavy atom. The Balaban J connectivity index is 2.67. The van der Waals surface area contributed by atoms with Crippen LogP contribution in [0.15, 0.2) is 12.1 Å². The maximum atomic E-state index is 11.9. The Kier molecular flexibility index (Phi) is 6.79. The number of rotatable bonds is 7. The minimum Gasteiger partial charge on any atom is -0.370 e. The summed E-state index contributed by atoms with van der Waals surface area (Å²) in [5.74, 6) is -0.0482. The maximum absolute atomic E-state index is 11.9. The lowest BCUT2D eigenvalue weighted by Crippen LogP contribution is -2.36. The van der Waals surface area contributed by atoms with Crippen LogP contribution in [-0.2, 0) is 4.79 Å². The molecule has 0 atom stereocenters. The molecule has 0 aromatic carbocycles. The van der Waals surface area contributed by atoms with E-state index in [4.69, 9.17) is 11.6 Å². The smallest absolute Gasteiger partial charge is 0.251 e. The first kappa shape index (κ1) is 16.2. The molecule has 6 nitrogen and oxygen atoms in total. The van der Waals surface area contributed by atoms with Crippen LogP contribution in [0.5, 0.6) is 0 Å². The molecule has 20 heavy (non-hydrogen) atoms. The van der Waals surface area contributed by atoms with Gasteiger partial charge in [-0.3, -0.25) is 9.59 Å². The van der Waals surface area contributed by atoms with E-state index in [1.54, 1.807) is 6.07 Å². The monoisotopic (exact) mass is 298 g/mol. The number of anilines is 1. The molecule has 1 aromatic rings. The van der Waals surface area contributed by atoms with Crippen molar-refractivity contribution in [2.45, 2.75) is 20.3 Å². The fourth-order valence-corrected chi connectivity index (χ4v) is 1.70. The first-order valence-corrected chi connectivity index (χ1v) is 6.91. The summed E-state index contributed by atoms with van der Waals surface area (Å²) in [5, 5.41) is 8.42. The van der Waals surface area contributed by atoms with Crippen LogP contribution >= 0.6 is 11.6 Å². The molecule has 0 saturated heterocycles. The minimum atomic E-state index is -0.361. The number of carbonyl (C=O) groups is 2. The lowest BCUT2D eigenvalue weighted by molar-refractivity contribution is -0.120. The predicted molar refractivity (Wildman–Crippen MR) is 79.0 cm³/mol. The third-order valence-electron chi connectivity index (χ3n) is 2.40. The highest BCUT2D eigenvalue weighted by Gasteiger charge is 2.10.